The highest BCUT2D eigenvalue weighted by Gasteiger charge is 2.30. The summed E-state index contributed by atoms with van der Waals surface area (Å²) in [5.74, 6) is 0.790. The number of nitrogens with zero attached hydrogens (tertiary/aromatic N) is 2. The molecule has 1 amide bonds. The number of ether oxygens (including phenoxy) is 1. The minimum Gasteiger partial charge on any atom is -0.480 e. The van der Waals surface area contributed by atoms with Gasteiger partial charge in [0.15, 0.2) is 5.82 Å². The van der Waals surface area contributed by atoms with E-state index in [2.05, 4.69) is 40.4 Å². The quantitative estimate of drug-likeness (QED) is 0.653. The van der Waals surface area contributed by atoms with Gasteiger partial charge >= 0.3 is 0 Å². The molecule has 7 heteroatoms. The summed E-state index contributed by atoms with van der Waals surface area (Å²) in [6.45, 7) is 2.12. The van der Waals surface area contributed by atoms with E-state index in [1.54, 1.807) is 0 Å². The van der Waals surface area contributed by atoms with Gasteiger partial charge in [-0.05, 0) is 68.6 Å². The summed E-state index contributed by atoms with van der Waals surface area (Å²) in [6.07, 6.45) is 8.61. The van der Waals surface area contributed by atoms with Crippen molar-refractivity contribution in [3.8, 4) is 5.88 Å². The average Bonchev–Trinajstić information content (AvgIpc) is 3.47. The van der Waals surface area contributed by atoms with E-state index in [-0.39, 0.29) is 17.9 Å². The first-order valence-corrected chi connectivity index (χ1v) is 11.5. The monoisotopic (exact) mass is 427 g/mol. The Balaban J connectivity index is 1.53. The van der Waals surface area contributed by atoms with Crippen LogP contribution >= 0.6 is 11.8 Å². The predicted octanol–water partition coefficient (Wildman–Crippen LogP) is 4.32. The van der Waals surface area contributed by atoms with Crippen LogP contribution in [0.4, 0.5) is 5.82 Å². The fourth-order valence-electron chi connectivity index (χ4n) is 4.08. The van der Waals surface area contributed by atoms with Crippen molar-refractivity contribution in [2.75, 3.05) is 12.4 Å². The fourth-order valence-corrected chi connectivity index (χ4v) is 5.20. The van der Waals surface area contributed by atoms with Crippen molar-refractivity contribution < 1.29 is 14.6 Å². The van der Waals surface area contributed by atoms with Crippen molar-refractivity contribution in [2.45, 2.75) is 67.6 Å². The van der Waals surface area contributed by atoms with E-state index in [9.17, 15) is 9.90 Å². The van der Waals surface area contributed by atoms with Crippen LogP contribution in [-0.2, 0) is 4.79 Å². The number of amides is 1. The normalized spacial score (nSPS) is 22.0. The van der Waals surface area contributed by atoms with E-state index in [1.165, 1.54) is 42.8 Å². The number of nitrogens with one attached hydrogen (secondary N) is 1. The van der Waals surface area contributed by atoms with Gasteiger partial charge < -0.3 is 15.2 Å². The molecule has 0 saturated heterocycles. The van der Waals surface area contributed by atoms with Gasteiger partial charge in [0.05, 0.1) is 31.5 Å². The van der Waals surface area contributed by atoms with Crippen LogP contribution in [0.25, 0.3) is 0 Å². The number of aliphatic hydroxyl groups excluding tert-OH is 1. The van der Waals surface area contributed by atoms with Gasteiger partial charge in [0.1, 0.15) is 0 Å². The van der Waals surface area contributed by atoms with Crippen LogP contribution in [0.1, 0.15) is 55.6 Å². The lowest BCUT2D eigenvalue weighted by atomic mass is 9.86. The Hall–Kier alpha value is -2.12. The molecule has 0 bridgehead atoms. The van der Waals surface area contributed by atoms with Crippen molar-refractivity contribution in [2.24, 2.45) is 5.92 Å². The molecule has 2 aliphatic rings. The zero-order valence-electron chi connectivity index (χ0n) is 17.5. The molecular formula is C23H29N3O3S. The van der Waals surface area contributed by atoms with Crippen molar-refractivity contribution in [1.29, 1.82) is 0 Å². The summed E-state index contributed by atoms with van der Waals surface area (Å²) in [4.78, 5) is 22.9. The van der Waals surface area contributed by atoms with Crippen LogP contribution in [-0.4, -0.2) is 39.4 Å². The molecular weight excluding hydrogens is 398 g/mol. The molecule has 6 nitrogen and oxygen atoms in total. The third-order valence-corrected chi connectivity index (χ3v) is 7.42. The number of anilines is 1. The van der Waals surface area contributed by atoms with E-state index < -0.39 is 0 Å². The maximum atomic E-state index is 13.2. The number of aromatic nitrogens is 2. The summed E-state index contributed by atoms with van der Waals surface area (Å²) < 4.78 is 5.03. The lowest BCUT2D eigenvalue weighted by Crippen LogP contribution is -2.24. The molecule has 2 fully saturated rings. The SMILES string of the molecule is COc1cnc(NC(=O)[C@H](C[C@H]2CCC(O)C2)c2ccc(SC3CC3)c(C)c2)cn1. The number of hydrogen-bond donors (Lipinski definition) is 2. The predicted molar refractivity (Wildman–Crippen MR) is 118 cm³/mol. The first-order chi connectivity index (χ1) is 14.5. The molecule has 0 spiro atoms. The maximum Gasteiger partial charge on any atom is 0.233 e. The lowest BCUT2D eigenvalue weighted by molar-refractivity contribution is -0.118. The van der Waals surface area contributed by atoms with Gasteiger partial charge in [-0.25, -0.2) is 9.97 Å². The Morgan fingerprint density at radius 2 is 2.10 bits per heavy atom. The minimum absolute atomic E-state index is 0.0853. The van der Waals surface area contributed by atoms with Crippen LogP contribution in [0, 0.1) is 12.8 Å². The number of aliphatic hydroxyl groups is 1. The van der Waals surface area contributed by atoms with Crippen LogP contribution in [0.2, 0.25) is 0 Å². The molecule has 1 aromatic carbocycles. The van der Waals surface area contributed by atoms with Crippen molar-refractivity contribution >= 4 is 23.5 Å². The third kappa shape index (κ3) is 5.32. The second-order valence-electron chi connectivity index (χ2n) is 8.40. The van der Waals surface area contributed by atoms with Gasteiger partial charge in [-0.1, -0.05) is 12.1 Å². The number of aryl methyl sites for hydroxylation is 1. The van der Waals surface area contributed by atoms with Gasteiger partial charge in [0.25, 0.3) is 0 Å². The molecule has 0 radical (unpaired) electrons. The summed E-state index contributed by atoms with van der Waals surface area (Å²) >= 11 is 1.94. The zero-order valence-corrected chi connectivity index (χ0v) is 18.3. The molecule has 2 aromatic rings. The summed E-state index contributed by atoms with van der Waals surface area (Å²) in [6, 6.07) is 6.40. The first-order valence-electron chi connectivity index (χ1n) is 10.6. The van der Waals surface area contributed by atoms with Crippen LogP contribution < -0.4 is 10.1 Å². The maximum absolute atomic E-state index is 13.2. The number of hydrogen-bond acceptors (Lipinski definition) is 6. The molecule has 1 unspecified atom stereocenters. The van der Waals surface area contributed by atoms with Crippen molar-refractivity contribution in [3.05, 3.63) is 41.7 Å². The van der Waals surface area contributed by atoms with Gasteiger partial charge in [-0.2, -0.15) is 0 Å². The molecule has 160 valence electrons. The summed E-state index contributed by atoms with van der Waals surface area (Å²) in [5.41, 5.74) is 2.24. The average molecular weight is 428 g/mol. The highest BCUT2D eigenvalue weighted by Crippen LogP contribution is 2.41. The Morgan fingerprint density at radius 1 is 1.27 bits per heavy atom. The Bertz CT molecular complexity index is 886. The van der Waals surface area contributed by atoms with Gasteiger partial charge in [-0.15, -0.1) is 11.8 Å². The molecule has 1 aromatic heterocycles. The molecule has 4 rings (SSSR count). The molecule has 0 aliphatic heterocycles. The molecule has 2 saturated carbocycles. The highest BCUT2D eigenvalue weighted by molar-refractivity contribution is 8.00. The smallest absolute Gasteiger partial charge is 0.233 e. The molecule has 30 heavy (non-hydrogen) atoms. The number of rotatable bonds is 8. The number of thioether (sulfide) groups is 1. The van der Waals surface area contributed by atoms with Gasteiger partial charge in [0.2, 0.25) is 11.8 Å². The molecule has 2 N–H and O–H groups in total. The van der Waals surface area contributed by atoms with Gasteiger partial charge in [-0.3, -0.25) is 4.79 Å². The number of benzene rings is 1. The lowest BCUT2D eigenvalue weighted by Gasteiger charge is -2.21. The van der Waals surface area contributed by atoms with E-state index in [0.717, 1.165) is 36.5 Å². The number of carbonyl (C=O) groups excluding carboxylic acids is 1. The number of carbonyl (C=O) groups is 1. The first kappa shape index (κ1) is 21.1. The largest absolute Gasteiger partial charge is 0.480 e. The summed E-state index contributed by atoms with van der Waals surface area (Å²) in [7, 11) is 1.53. The van der Waals surface area contributed by atoms with E-state index in [0.29, 0.717) is 17.6 Å². The number of methoxy groups -OCH3 is 1. The van der Waals surface area contributed by atoms with Crippen LogP contribution in [0.3, 0.4) is 0 Å². The highest BCUT2D eigenvalue weighted by atomic mass is 32.2. The molecule has 1 heterocycles. The van der Waals surface area contributed by atoms with Crippen molar-refractivity contribution in [3.63, 3.8) is 0 Å². The van der Waals surface area contributed by atoms with Crippen LogP contribution in [0.5, 0.6) is 5.88 Å². The Morgan fingerprint density at radius 3 is 2.70 bits per heavy atom. The Kier molecular flexibility index (Phi) is 6.58. The molecule has 2 aliphatic carbocycles. The van der Waals surface area contributed by atoms with Crippen molar-refractivity contribution in [1.82, 2.24) is 9.97 Å². The third-order valence-electron chi connectivity index (χ3n) is 5.91. The van der Waals surface area contributed by atoms with E-state index in [4.69, 9.17) is 4.74 Å². The topological polar surface area (TPSA) is 84.3 Å². The standard InChI is InChI=1S/C23H29N3O3S/c1-14-9-16(4-8-20(14)30-18-6-7-18)19(11-15-3-5-17(27)10-15)23(28)26-21-12-25-22(29-2)13-24-21/h4,8-9,12-13,15,17-19,27H,3,5-7,10-11H2,1-2H3,(H,24,26,28)/t15-,17?,19+/m0/s1. The van der Waals surface area contributed by atoms with Crippen LogP contribution in [0.15, 0.2) is 35.5 Å². The molecule has 3 atom stereocenters. The van der Waals surface area contributed by atoms with E-state index in [1.807, 2.05) is 11.8 Å². The zero-order chi connectivity index (χ0) is 21.1. The van der Waals surface area contributed by atoms with E-state index >= 15 is 0 Å². The fraction of sp³-hybridized carbons (Fsp3) is 0.522. The second-order valence-corrected chi connectivity index (χ2v) is 9.74. The Labute approximate surface area is 181 Å². The summed E-state index contributed by atoms with van der Waals surface area (Å²) in [5, 5.41) is 13.6. The minimum atomic E-state index is -0.289. The van der Waals surface area contributed by atoms with Gasteiger partial charge in [0, 0.05) is 10.1 Å². The second kappa shape index (κ2) is 9.35.